The number of aromatic nitrogens is 4. The number of ether oxygens (including phenoxy) is 2. The van der Waals surface area contributed by atoms with Crippen LogP contribution in [0.25, 0.3) is 0 Å². The van der Waals surface area contributed by atoms with Crippen LogP contribution in [0.2, 0.25) is 0 Å². The van der Waals surface area contributed by atoms with Gasteiger partial charge >= 0.3 is 5.97 Å². The predicted molar refractivity (Wildman–Crippen MR) is 81.6 cm³/mol. The summed E-state index contributed by atoms with van der Waals surface area (Å²) in [6.45, 7) is 2.38. The van der Waals surface area contributed by atoms with Crippen molar-refractivity contribution < 1.29 is 14.3 Å². The van der Waals surface area contributed by atoms with E-state index in [2.05, 4.69) is 15.5 Å². The Morgan fingerprint density at radius 2 is 2.09 bits per heavy atom. The number of aryl methyl sites for hydroxylation is 1. The molecule has 1 aromatic carbocycles. The lowest BCUT2D eigenvalue weighted by atomic mass is 10.2. The number of tetrazole rings is 1. The quantitative estimate of drug-likeness (QED) is 0.414. The van der Waals surface area contributed by atoms with E-state index < -0.39 is 0 Å². The molecule has 8 heteroatoms. The zero-order chi connectivity index (χ0) is 15.8. The predicted octanol–water partition coefficient (Wildman–Crippen LogP) is 1.56. The first-order valence-corrected chi connectivity index (χ1v) is 7.85. The molecule has 0 aliphatic carbocycles. The molecule has 0 aliphatic heterocycles. The first kappa shape index (κ1) is 16.3. The van der Waals surface area contributed by atoms with E-state index in [1.165, 1.54) is 11.8 Å². The van der Waals surface area contributed by atoms with Crippen molar-refractivity contribution in [3.8, 4) is 5.75 Å². The number of esters is 1. The Kier molecular flexibility index (Phi) is 6.20. The van der Waals surface area contributed by atoms with Gasteiger partial charge in [0.1, 0.15) is 19.0 Å². The average molecular weight is 322 g/mol. The lowest BCUT2D eigenvalue weighted by Gasteiger charge is -2.11. The molecule has 2 aromatic rings. The number of carbonyl (C=O) groups is 1. The number of benzene rings is 1. The zero-order valence-electron chi connectivity index (χ0n) is 12.5. The van der Waals surface area contributed by atoms with E-state index in [4.69, 9.17) is 9.47 Å². The van der Waals surface area contributed by atoms with Crippen molar-refractivity contribution in [1.29, 1.82) is 0 Å². The summed E-state index contributed by atoms with van der Waals surface area (Å²) in [6, 6.07) is 9.41. The molecule has 7 nitrogen and oxygen atoms in total. The van der Waals surface area contributed by atoms with E-state index in [-0.39, 0.29) is 18.5 Å². The van der Waals surface area contributed by atoms with E-state index in [9.17, 15) is 4.79 Å². The second-order valence-electron chi connectivity index (χ2n) is 4.63. The summed E-state index contributed by atoms with van der Waals surface area (Å²) in [5, 5.41) is 11.8. The molecule has 118 valence electrons. The summed E-state index contributed by atoms with van der Waals surface area (Å²) in [6.07, 6.45) is 0. The van der Waals surface area contributed by atoms with Gasteiger partial charge in [-0.2, -0.15) is 0 Å². The Morgan fingerprint density at radius 1 is 1.32 bits per heavy atom. The summed E-state index contributed by atoms with van der Waals surface area (Å²) in [7, 11) is 1.76. The van der Waals surface area contributed by atoms with Crippen molar-refractivity contribution in [3.05, 3.63) is 30.3 Å². The molecule has 2 rings (SSSR count). The molecule has 0 spiro atoms. The van der Waals surface area contributed by atoms with Crippen LogP contribution >= 0.6 is 11.8 Å². The van der Waals surface area contributed by atoms with E-state index in [1.807, 2.05) is 37.3 Å². The molecule has 0 aliphatic rings. The van der Waals surface area contributed by atoms with Crippen molar-refractivity contribution >= 4 is 17.7 Å². The summed E-state index contributed by atoms with van der Waals surface area (Å²) in [5.74, 6) is 0.835. The van der Waals surface area contributed by atoms with Crippen molar-refractivity contribution in [1.82, 2.24) is 20.2 Å². The Hall–Kier alpha value is -2.09. The first-order valence-electron chi connectivity index (χ1n) is 6.86. The SMILES string of the molecule is CC(CSc1nnnn1C)C(=O)OCCOc1ccccc1. The smallest absolute Gasteiger partial charge is 0.309 e. The second kappa shape index (κ2) is 8.38. The fourth-order valence-electron chi connectivity index (χ4n) is 1.57. The maximum absolute atomic E-state index is 11.8. The van der Waals surface area contributed by atoms with Crippen molar-refractivity contribution in [2.75, 3.05) is 19.0 Å². The molecule has 0 fully saturated rings. The van der Waals surface area contributed by atoms with Gasteiger partial charge in [0.2, 0.25) is 5.16 Å². The van der Waals surface area contributed by atoms with E-state index >= 15 is 0 Å². The van der Waals surface area contributed by atoms with Crippen LogP contribution in [0.3, 0.4) is 0 Å². The molecular formula is C14H18N4O3S. The number of hydrogen-bond donors (Lipinski definition) is 0. The number of nitrogens with zero attached hydrogens (tertiary/aromatic N) is 4. The van der Waals surface area contributed by atoms with Gasteiger partial charge in [-0.25, -0.2) is 4.68 Å². The standard InChI is InChI=1S/C14H18N4O3S/c1-11(10-22-14-15-16-17-18(14)2)13(19)21-9-8-20-12-6-4-3-5-7-12/h3-7,11H,8-10H2,1-2H3. The molecule has 0 N–H and O–H groups in total. The molecule has 1 heterocycles. The lowest BCUT2D eigenvalue weighted by Crippen LogP contribution is -2.20. The highest BCUT2D eigenvalue weighted by Gasteiger charge is 2.16. The van der Waals surface area contributed by atoms with Gasteiger partial charge in [0.05, 0.1) is 5.92 Å². The van der Waals surface area contributed by atoms with Gasteiger partial charge < -0.3 is 9.47 Å². The topological polar surface area (TPSA) is 79.1 Å². The number of carbonyl (C=O) groups excluding carboxylic acids is 1. The molecular weight excluding hydrogens is 304 g/mol. The minimum atomic E-state index is -0.251. The third-order valence-electron chi connectivity index (χ3n) is 2.79. The minimum Gasteiger partial charge on any atom is -0.490 e. The molecule has 1 unspecified atom stereocenters. The van der Waals surface area contributed by atoms with E-state index in [0.717, 1.165) is 5.75 Å². The molecule has 0 saturated carbocycles. The molecule has 22 heavy (non-hydrogen) atoms. The molecule has 0 saturated heterocycles. The van der Waals surface area contributed by atoms with E-state index in [1.54, 1.807) is 11.7 Å². The summed E-state index contributed by atoms with van der Waals surface area (Å²) in [5.41, 5.74) is 0. The van der Waals surface area contributed by atoms with Crippen LogP contribution in [0.4, 0.5) is 0 Å². The van der Waals surface area contributed by atoms with Gasteiger partial charge in [-0.1, -0.05) is 36.9 Å². The van der Waals surface area contributed by atoms with Crippen LogP contribution in [0.5, 0.6) is 5.75 Å². The van der Waals surface area contributed by atoms with Crippen molar-refractivity contribution in [2.24, 2.45) is 13.0 Å². The second-order valence-corrected chi connectivity index (χ2v) is 5.61. The summed E-state index contributed by atoms with van der Waals surface area (Å²) < 4.78 is 12.2. The number of para-hydroxylation sites is 1. The number of thioether (sulfide) groups is 1. The van der Waals surface area contributed by atoms with Crippen molar-refractivity contribution in [3.63, 3.8) is 0 Å². The van der Waals surface area contributed by atoms with Gasteiger partial charge in [-0.05, 0) is 22.6 Å². The Balaban J connectivity index is 1.63. The van der Waals surface area contributed by atoms with Gasteiger partial charge in [0.15, 0.2) is 0 Å². The van der Waals surface area contributed by atoms with Gasteiger partial charge in [-0.15, -0.1) is 5.10 Å². The number of rotatable bonds is 8. The fourth-order valence-corrected chi connectivity index (χ4v) is 2.42. The molecule has 0 radical (unpaired) electrons. The van der Waals surface area contributed by atoms with Crippen LogP contribution in [0, 0.1) is 5.92 Å². The van der Waals surface area contributed by atoms with Crippen LogP contribution in [0.15, 0.2) is 35.5 Å². The maximum Gasteiger partial charge on any atom is 0.309 e. The van der Waals surface area contributed by atoms with E-state index in [0.29, 0.717) is 17.5 Å². The van der Waals surface area contributed by atoms with Gasteiger partial charge in [0, 0.05) is 12.8 Å². The lowest BCUT2D eigenvalue weighted by molar-refractivity contribution is -0.147. The maximum atomic E-state index is 11.8. The molecule has 0 amide bonds. The monoisotopic (exact) mass is 322 g/mol. The number of hydrogen-bond acceptors (Lipinski definition) is 7. The summed E-state index contributed by atoms with van der Waals surface area (Å²) >= 11 is 1.42. The largest absolute Gasteiger partial charge is 0.490 e. The van der Waals surface area contributed by atoms with Crippen LogP contribution in [-0.4, -0.2) is 45.1 Å². The van der Waals surface area contributed by atoms with Crippen molar-refractivity contribution in [2.45, 2.75) is 12.1 Å². The molecule has 1 atom stereocenters. The normalized spacial score (nSPS) is 11.9. The minimum absolute atomic E-state index is 0.230. The van der Waals surface area contributed by atoms with Gasteiger partial charge in [0.25, 0.3) is 0 Å². The third kappa shape index (κ3) is 5.03. The average Bonchev–Trinajstić information content (AvgIpc) is 2.95. The van der Waals surface area contributed by atoms with Crippen LogP contribution in [0.1, 0.15) is 6.92 Å². The molecule has 0 bridgehead atoms. The van der Waals surface area contributed by atoms with Crippen LogP contribution < -0.4 is 4.74 Å². The third-order valence-corrected chi connectivity index (χ3v) is 4.06. The highest BCUT2D eigenvalue weighted by molar-refractivity contribution is 7.99. The fraction of sp³-hybridized carbons (Fsp3) is 0.429. The van der Waals surface area contributed by atoms with Gasteiger partial charge in [-0.3, -0.25) is 4.79 Å². The zero-order valence-corrected chi connectivity index (χ0v) is 13.3. The molecule has 1 aromatic heterocycles. The first-order chi connectivity index (χ1) is 10.7. The Morgan fingerprint density at radius 3 is 2.77 bits per heavy atom. The Bertz CT molecular complexity index is 591. The highest BCUT2D eigenvalue weighted by Crippen LogP contribution is 2.17. The Labute approximate surface area is 133 Å². The summed E-state index contributed by atoms with van der Waals surface area (Å²) in [4.78, 5) is 11.8. The highest BCUT2D eigenvalue weighted by atomic mass is 32.2. The van der Waals surface area contributed by atoms with Crippen LogP contribution in [-0.2, 0) is 16.6 Å².